The number of unbranched alkanes of at least 4 members (excludes halogenated alkanes) is 1. The Kier molecular flexibility index (Phi) is 15.0. The fraction of sp³-hybridized carbons (Fsp3) is 0.850. The zero-order valence-electron chi connectivity index (χ0n) is 17.4. The van der Waals surface area contributed by atoms with E-state index in [1.54, 1.807) is 0 Å². The van der Waals surface area contributed by atoms with Crippen molar-refractivity contribution in [3.63, 3.8) is 0 Å². The number of ether oxygens (including phenoxy) is 3. The van der Waals surface area contributed by atoms with Crippen molar-refractivity contribution in [2.45, 2.75) is 59.8 Å². The summed E-state index contributed by atoms with van der Waals surface area (Å²) < 4.78 is 16.9. The Morgan fingerprint density at radius 3 is 1.67 bits per heavy atom. The molecule has 0 rings (SSSR count). The van der Waals surface area contributed by atoms with Crippen LogP contribution in [0.3, 0.4) is 0 Å². The number of amides is 1. The van der Waals surface area contributed by atoms with Gasteiger partial charge in [-0.2, -0.15) is 0 Å². The van der Waals surface area contributed by atoms with Gasteiger partial charge in [-0.1, -0.05) is 20.3 Å². The molecule has 158 valence electrons. The van der Waals surface area contributed by atoms with E-state index in [0.29, 0.717) is 65.4 Å². The molecule has 0 unspecified atom stereocenters. The molecule has 7 nitrogen and oxygen atoms in total. The van der Waals surface area contributed by atoms with E-state index >= 15 is 0 Å². The van der Waals surface area contributed by atoms with Crippen LogP contribution >= 0.6 is 0 Å². The lowest BCUT2D eigenvalue weighted by Gasteiger charge is -2.29. The molecule has 0 bridgehead atoms. The van der Waals surface area contributed by atoms with Crippen LogP contribution in [0.1, 0.15) is 59.8 Å². The molecule has 1 N–H and O–H groups in total. The lowest BCUT2D eigenvalue weighted by atomic mass is 9.94. The highest BCUT2D eigenvalue weighted by molar-refractivity contribution is 5.76. The molecular weight excluding hydrogens is 350 g/mol. The van der Waals surface area contributed by atoms with Gasteiger partial charge in [0.2, 0.25) is 5.91 Å². The topological polar surface area (TPSA) is 90.9 Å². The van der Waals surface area contributed by atoms with Crippen molar-refractivity contribution < 1.29 is 28.6 Å². The number of carbonyl (C=O) groups excluding carboxylic acids is 3. The summed E-state index contributed by atoms with van der Waals surface area (Å²) in [5.41, 5.74) is -0.410. The first kappa shape index (κ1) is 25.7. The maximum absolute atomic E-state index is 11.7. The number of hydrogen-bond acceptors (Lipinski definition) is 6. The molecule has 0 atom stereocenters. The van der Waals surface area contributed by atoms with Crippen LogP contribution in [-0.2, 0) is 28.6 Å². The first-order valence-electron chi connectivity index (χ1n) is 9.78. The van der Waals surface area contributed by atoms with E-state index in [1.165, 1.54) is 13.8 Å². The van der Waals surface area contributed by atoms with Crippen LogP contribution in [0.2, 0.25) is 0 Å². The Hall–Kier alpha value is -1.31. The summed E-state index contributed by atoms with van der Waals surface area (Å²) in [7, 11) is 0. The van der Waals surface area contributed by atoms with E-state index in [2.05, 4.69) is 12.2 Å². The summed E-state index contributed by atoms with van der Waals surface area (Å²) in [6, 6.07) is 0. The van der Waals surface area contributed by atoms with Gasteiger partial charge in [0.05, 0.1) is 39.6 Å². The zero-order chi connectivity index (χ0) is 20.5. The lowest BCUT2D eigenvalue weighted by molar-refractivity contribution is -0.123. The Bertz CT molecular complexity index is 416. The molecule has 7 heteroatoms. The van der Waals surface area contributed by atoms with Gasteiger partial charge < -0.3 is 19.5 Å². The first-order chi connectivity index (χ1) is 12.8. The summed E-state index contributed by atoms with van der Waals surface area (Å²) in [5.74, 6) is 0.153. The highest BCUT2D eigenvalue weighted by Gasteiger charge is 2.26. The SMILES string of the molecule is CCCCNC(=O)CCOCC(C)(COCCC(C)=O)COCCC(C)=O. The van der Waals surface area contributed by atoms with Crippen LogP contribution in [-0.4, -0.2) is 63.7 Å². The van der Waals surface area contributed by atoms with E-state index in [1.807, 2.05) is 6.92 Å². The van der Waals surface area contributed by atoms with Gasteiger partial charge in [-0.3, -0.25) is 14.4 Å². The molecule has 0 aromatic heterocycles. The van der Waals surface area contributed by atoms with Crippen LogP contribution < -0.4 is 5.32 Å². The fourth-order valence-electron chi connectivity index (χ4n) is 2.17. The standard InChI is InChI=1S/C20H37NO6/c1-5-6-10-21-19(24)9-13-27-16-20(4,14-25-11-7-17(2)22)15-26-12-8-18(3)23/h5-16H2,1-4H3,(H,21,24). The maximum atomic E-state index is 11.7. The third-order valence-electron chi connectivity index (χ3n) is 3.87. The van der Waals surface area contributed by atoms with Crippen molar-refractivity contribution in [3.05, 3.63) is 0 Å². The molecule has 0 saturated heterocycles. The number of rotatable bonds is 18. The second kappa shape index (κ2) is 15.7. The summed E-state index contributed by atoms with van der Waals surface area (Å²) in [5, 5.41) is 2.85. The number of hydrogen-bond donors (Lipinski definition) is 1. The van der Waals surface area contributed by atoms with Gasteiger partial charge in [0.1, 0.15) is 11.6 Å². The minimum atomic E-state index is -0.410. The zero-order valence-corrected chi connectivity index (χ0v) is 17.4. The predicted octanol–water partition coefficient (Wildman–Crippen LogP) is 2.31. The second-order valence-corrected chi connectivity index (χ2v) is 7.33. The summed E-state index contributed by atoms with van der Waals surface area (Å²) in [4.78, 5) is 33.7. The monoisotopic (exact) mass is 387 g/mol. The highest BCUT2D eigenvalue weighted by atomic mass is 16.5. The molecule has 0 aromatic carbocycles. The molecule has 0 aliphatic carbocycles. The molecule has 0 spiro atoms. The van der Waals surface area contributed by atoms with Crippen molar-refractivity contribution in [1.29, 1.82) is 0 Å². The predicted molar refractivity (Wildman–Crippen MR) is 104 cm³/mol. The van der Waals surface area contributed by atoms with Crippen molar-refractivity contribution in [2.75, 3.05) is 46.2 Å². The number of carbonyl (C=O) groups is 3. The third kappa shape index (κ3) is 16.6. The molecule has 0 saturated carbocycles. The Labute approximate surface area is 163 Å². The Balaban J connectivity index is 4.23. The molecular formula is C20H37NO6. The fourth-order valence-corrected chi connectivity index (χ4v) is 2.17. The average Bonchev–Trinajstić information content (AvgIpc) is 2.60. The van der Waals surface area contributed by atoms with Gasteiger partial charge in [0.15, 0.2) is 0 Å². The Morgan fingerprint density at radius 1 is 0.815 bits per heavy atom. The molecule has 0 radical (unpaired) electrons. The van der Waals surface area contributed by atoms with Gasteiger partial charge in [0.25, 0.3) is 0 Å². The van der Waals surface area contributed by atoms with Crippen LogP contribution in [0.5, 0.6) is 0 Å². The molecule has 27 heavy (non-hydrogen) atoms. The smallest absolute Gasteiger partial charge is 0.222 e. The summed E-state index contributed by atoms with van der Waals surface area (Å²) in [6.45, 7) is 9.97. The lowest BCUT2D eigenvalue weighted by Crippen LogP contribution is -2.35. The molecule has 0 heterocycles. The van der Waals surface area contributed by atoms with E-state index in [0.717, 1.165) is 12.8 Å². The third-order valence-corrected chi connectivity index (χ3v) is 3.87. The van der Waals surface area contributed by atoms with Gasteiger partial charge >= 0.3 is 0 Å². The normalized spacial score (nSPS) is 11.4. The first-order valence-corrected chi connectivity index (χ1v) is 9.78. The van der Waals surface area contributed by atoms with Crippen LogP contribution in [0.25, 0.3) is 0 Å². The van der Waals surface area contributed by atoms with Crippen LogP contribution in [0.15, 0.2) is 0 Å². The van der Waals surface area contributed by atoms with Gasteiger partial charge in [-0.05, 0) is 20.3 Å². The highest BCUT2D eigenvalue weighted by Crippen LogP contribution is 2.19. The summed E-state index contributed by atoms with van der Waals surface area (Å²) >= 11 is 0. The molecule has 0 aromatic rings. The van der Waals surface area contributed by atoms with Crippen LogP contribution in [0, 0.1) is 5.41 Å². The van der Waals surface area contributed by atoms with Crippen molar-refractivity contribution in [3.8, 4) is 0 Å². The van der Waals surface area contributed by atoms with E-state index in [4.69, 9.17) is 14.2 Å². The molecule has 1 amide bonds. The van der Waals surface area contributed by atoms with Crippen molar-refractivity contribution in [2.24, 2.45) is 5.41 Å². The molecule has 0 aliphatic heterocycles. The summed E-state index contributed by atoms with van der Waals surface area (Å²) in [6.07, 6.45) is 3.08. The maximum Gasteiger partial charge on any atom is 0.222 e. The Morgan fingerprint density at radius 2 is 1.26 bits per heavy atom. The van der Waals surface area contributed by atoms with Gasteiger partial charge in [0, 0.05) is 31.2 Å². The molecule has 0 aliphatic rings. The van der Waals surface area contributed by atoms with Crippen LogP contribution in [0.4, 0.5) is 0 Å². The van der Waals surface area contributed by atoms with Crippen molar-refractivity contribution in [1.82, 2.24) is 5.32 Å². The average molecular weight is 388 g/mol. The van der Waals surface area contributed by atoms with E-state index in [-0.39, 0.29) is 17.5 Å². The minimum absolute atomic E-state index is 0.0134. The quantitative estimate of drug-likeness (QED) is 0.363. The number of Topliss-reactive ketones (excluding diaryl/α,β-unsaturated/α-hetero) is 2. The van der Waals surface area contributed by atoms with E-state index < -0.39 is 5.41 Å². The van der Waals surface area contributed by atoms with E-state index in [9.17, 15) is 14.4 Å². The number of ketones is 2. The molecule has 0 fully saturated rings. The van der Waals surface area contributed by atoms with Gasteiger partial charge in [-0.25, -0.2) is 0 Å². The second-order valence-electron chi connectivity index (χ2n) is 7.33. The van der Waals surface area contributed by atoms with Crippen molar-refractivity contribution >= 4 is 17.5 Å². The number of nitrogens with one attached hydrogen (secondary N) is 1. The minimum Gasteiger partial charge on any atom is -0.380 e. The van der Waals surface area contributed by atoms with Gasteiger partial charge in [-0.15, -0.1) is 0 Å². The largest absolute Gasteiger partial charge is 0.380 e.